The second-order valence-corrected chi connectivity index (χ2v) is 4.98. The zero-order valence-corrected chi connectivity index (χ0v) is 9.49. The molecular formula is C11H11NO3S. The van der Waals surface area contributed by atoms with Gasteiger partial charge >= 0.3 is 0 Å². The zero-order chi connectivity index (χ0) is 11.8. The van der Waals surface area contributed by atoms with Gasteiger partial charge in [-0.05, 0) is 11.5 Å². The minimum Gasteiger partial charge on any atom is -0.398 e. The first-order valence-corrected chi connectivity index (χ1v) is 6.05. The molecule has 16 heavy (non-hydrogen) atoms. The van der Waals surface area contributed by atoms with Crippen LogP contribution in [0.2, 0.25) is 0 Å². The summed E-state index contributed by atoms with van der Waals surface area (Å²) < 4.78 is 28.0. The molecule has 0 fully saturated rings. The number of nitrogen functional groups attached to an aromatic ring is 1. The Hall–Kier alpha value is -1.59. The van der Waals surface area contributed by atoms with Crippen LogP contribution in [0.1, 0.15) is 0 Å². The first-order valence-electron chi connectivity index (χ1n) is 4.64. The van der Waals surface area contributed by atoms with Crippen molar-refractivity contribution in [3.8, 4) is 0 Å². The van der Waals surface area contributed by atoms with Gasteiger partial charge in [0, 0.05) is 5.39 Å². The molecule has 0 spiro atoms. The van der Waals surface area contributed by atoms with Crippen LogP contribution in [0.3, 0.4) is 0 Å². The summed E-state index contributed by atoms with van der Waals surface area (Å²) in [5, 5.41) is 1.39. The van der Waals surface area contributed by atoms with Crippen LogP contribution in [0.25, 0.3) is 10.8 Å². The summed E-state index contributed by atoms with van der Waals surface area (Å²) in [7, 11) is -2.66. The molecular weight excluding hydrogens is 226 g/mol. The average molecular weight is 237 g/mol. The molecule has 0 aliphatic heterocycles. The number of anilines is 1. The second-order valence-electron chi connectivity index (χ2n) is 3.33. The molecule has 0 bridgehead atoms. The highest BCUT2D eigenvalue weighted by Gasteiger charge is 2.19. The van der Waals surface area contributed by atoms with Gasteiger partial charge in [0.1, 0.15) is 4.90 Å². The standard InChI is InChI=1S/C11H11NO3S/c1-15-16(13,14)11-9-5-3-2-4-8(9)6-7-10(11)12/h2-7H,12H2,1H3. The summed E-state index contributed by atoms with van der Waals surface area (Å²) in [4.78, 5) is 0.0353. The third-order valence-electron chi connectivity index (χ3n) is 2.38. The van der Waals surface area contributed by atoms with Crippen LogP contribution in [0.5, 0.6) is 0 Å². The predicted molar refractivity (Wildman–Crippen MR) is 62.6 cm³/mol. The lowest BCUT2D eigenvalue weighted by molar-refractivity contribution is 0.399. The monoisotopic (exact) mass is 237 g/mol. The highest BCUT2D eigenvalue weighted by molar-refractivity contribution is 7.87. The first-order chi connectivity index (χ1) is 7.56. The molecule has 0 aromatic heterocycles. The Balaban J connectivity index is 2.92. The number of fused-ring (bicyclic) bond motifs is 1. The van der Waals surface area contributed by atoms with Gasteiger partial charge < -0.3 is 5.73 Å². The van der Waals surface area contributed by atoms with Crippen molar-refractivity contribution < 1.29 is 12.6 Å². The van der Waals surface area contributed by atoms with Crippen LogP contribution in [0, 0.1) is 0 Å². The van der Waals surface area contributed by atoms with Gasteiger partial charge in [0.2, 0.25) is 0 Å². The van der Waals surface area contributed by atoms with E-state index in [1.807, 2.05) is 12.1 Å². The molecule has 4 nitrogen and oxygen atoms in total. The molecule has 0 saturated heterocycles. The van der Waals surface area contributed by atoms with Crippen LogP contribution in [0.15, 0.2) is 41.3 Å². The van der Waals surface area contributed by atoms with Crippen molar-refractivity contribution >= 4 is 26.6 Å². The third kappa shape index (κ3) is 1.64. The quantitative estimate of drug-likeness (QED) is 0.638. The lowest BCUT2D eigenvalue weighted by atomic mass is 10.1. The van der Waals surface area contributed by atoms with E-state index in [0.717, 1.165) is 12.5 Å². The smallest absolute Gasteiger partial charge is 0.299 e. The summed E-state index contributed by atoms with van der Waals surface area (Å²) in [5.74, 6) is 0. The van der Waals surface area contributed by atoms with E-state index < -0.39 is 10.1 Å². The van der Waals surface area contributed by atoms with E-state index in [1.54, 1.807) is 24.3 Å². The van der Waals surface area contributed by atoms with Gasteiger partial charge in [0.15, 0.2) is 0 Å². The third-order valence-corrected chi connectivity index (χ3v) is 3.77. The maximum Gasteiger partial charge on any atom is 0.299 e. The molecule has 2 rings (SSSR count). The average Bonchev–Trinajstić information content (AvgIpc) is 2.28. The van der Waals surface area contributed by atoms with Crippen LogP contribution in [-0.4, -0.2) is 15.5 Å². The van der Waals surface area contributed by atoms with E-state index in [1.165, 1.54) is 0 Å². The van der Waals surface area contributed by atoms with Crippen molar-refractivity contribution in [1.82, 2.24) is 0 Å². The van der Waals surface area contributed by atoms with Gasteiger partial charge in [0.25, 0.3) is 10.1 Å². The molecule has 5 heteroatoms. The number of hydrogen-bond acceptors (Lipinski definition) is 4. The van der Waals surface area contributed by atoms with Crippen molar-refractivity contribution in [1.29, 1.82) is 0 Å². The summed E-state index contributed by atoms with van der Waals surface area (Å²) in [6.07, 6.45) is 0. The lowest BCUT2D eigenvalue weighted by Gasteiger charge is -2.08. The minimum absolute atomic E-state index is 0.0353. The Morgan fingerprint density at radius 2 is 1.81 bits per heavy atom. The van der Waals surface area contributed by atoms with Gasteiger partial charge in [-0.25, -0.2) is 0 Å². The molecule has 0 atom stereocenters. The lowest BCUT2D eigenvalue weighted by Crippen LogP contribution is -2.07. The molecule has 0 amide bonds. The molecule has 0 radical (unpaired) electrons. The van der Waals surface area contributed by atoms with Gasteiger partial charge in [-0.3, -0.25) is 4.18 Å². The Labute approximate surface area is 93.8 Å². The van der Waals surface area contributed by atoms with E-state index >= 15 is 0 Å². The van der Waals surface area contributed by atoms with Crippen LogP contribution < -0.4 is 5.73 Å². The molecule has 0 saturated carbocycles. The van der Waals surface area contributed by atoms with Crippen molar-refractivity contribution in [3.05, 3.63) is 36.4 Å². The van der Waals surface area contributed by atoms with Gasteiger partial charge in [-0.1, -0.05) is 30.3 Å². The van der Waals surface area contributed by atoms with Crippen molar-refractivity contribution in [2.24, 2.45) is 0 Å². The molecule has 0 unspecified atom stereocenters. The fourth-order valence-corrected chi connectivity index (χ4v) is 2.60. The van der Waals surface area contributed by atoms with Crippen molar-refractivity contribution in [2.45, 2.75) is 4.90 Å². The SMILES string of the molecule is COS(=O)(=O)c1c(N)ccc2ccccc12. The van der Waals surface area contributed by atoms with Crippen LogP contribution in [-0.2, 0) is 14.3 Å². The maximum atomic E-state index is 11.7. The number of benzene rings is 2. The summed E-state index contributed by atoms with van der Waals surface area (Å²) >= 11 is 0. The van der Waals surface area contributed by atoms with Crippen molar-refractivity contribution in [2.75, 3.05) is 12.8 Å². The van der Waals surface area contributed by atoms with Gasteiger partial charge in [0.05, 0.1) is 12.8 Å². The predicted octanol–water partition coefficient (Wildman–Crippen LogP) is 1.76. The van der Waals surface area contributed by atoms with Crippen molar-refractivity contribution in [3.63, 3.8) is 0 Å². The number of hydrogen-bond donors (Lipinski definition) is 1. The van der Waals surface area contributed by atoms with Gasteiger partial charge in [-0.15, -0.1) is 0 Å². The van der Waals surface area contributed by atoms with Gasteiger partial charge in [-0.2, -0.15) is 8.42 Å². The van der Waals surface area contributed by atoms with Crippen LogP contribution in [0.4, 0.5) is 5.69 Å². The largest absolute Gasteiger partial charge is 0.398 e. The highest BCUT2D eigenvalue weighted by atomic mass is 32.2. The Kier molecular flexibility index (Phi) is 2.57. The summed E-state index contributed by atoms with van der Waals surface area (Å²) in [6.45, 7) is 0. The molecule has 0 aliphatic carbocycles. The first kappa shape index (κ1) is 10.9. The zero-order valence-electron chi connectivity index (χ0n) is 8.67. The fourth-order valence-electron chi connectivity index (χ4n) is 1.62. The van der Waals surface area contributed by atoms with E-state index in [4.69, 9.17) is 5.73 Å². The Morgan fingerprint density at radius 1 is 1.12 bits per heavy atom. The fraction of sp³-hybridized carbons (Fsp3) is 0.0909. The number of nitrogens with two attached hydrogens (primary N) is 1. The maximum absolute atomic E-state index is 11.7. The van der Waals surface area contributed by atoms with E-state index in [-0.39, 0.29) is 10.6 Å². The second kappa shape index (κ2) is 3.77. The minimum atomic E-state index is -3.78. The molecule has 0 aliphatic rings. The molecule has 0 heterocycles. The Morgan fingerprint density at radius 3 is 2.50 bits per heavy atom. The molecule has 2 aromatic rings. The topological polar surface area (TPSA) is 69.4 Å². The highest BCUT2D eigenvalue weighted by Crippen LogP contribution is 2.29. The van der Waals surface area contributed by atoms with E-state index in [2.05, 4.69) is 4.18 Å². The summed E-state index contributed by atoms with van der Waals surface area (Å²) in [6, 6.07) is 10.5. The van der Waals surface area contributed by atoms with Crippen LogP contribution >= 0.6 is 0 Å². The number of rotatable bonds is 2. The summed E-state index contributed by atoms with van der Waals surface area (Å²) in [5.41, 5.74) is 5.88. The van der Waals surface area contributed by atoms with E-state index in [9.17, 15) is 8.42 Å². The molecule has 2 N–H and O–H groups in total. The Bertz CT molecular complexity index is 635. The molecule has 2 aromatic carbocycles. The van der Waals surface area contributed by atoms with E-state index in [0.29, 0.717) is 5.39 Å². The normalized spacial score (nSPS) is 11.8. The molecule has 84 valence electrons.